The van der Waals surface area contributed by atoms with Crippen molar-refractivity contribution in [3.05, 3.63) is 0 Å². The highest BCUT2D eigenvalue weighted by Crippen LogP contribution is 2.15. The highest BCUT2D eigenvalue weighted by atomic mass is 79.9. The van der Waals surface area contributed by atoms with Crippen LogP contribution < -0.4 is 5.48 Å². The lowest BCUT2D eigenvalue weighted by Crippen LogP contribution is -2.37. The normalized spacial score (nSPS) is 11.5. The van der Waals surface area contributed by atoms with Crippen molar-refractivity contribution in [1.82, 2.24) is 5.48 Å². The quantitative estimate of drug-likeness (QED) is 0.417. The number of rotatable bonds is 8. The molecule has 0 spiro atoms. The van der Waals surface area contributed by atoms with E-state index in [9.17, 15) is 4.79 Å². The Hall–Kier alpha value is 0.390. The van der Waals surface area contributed by atoms with E-state index in [1.807, 2.05) is 0 Å². The summed E-state index contributed by atoms with van der Waals surface area (Å²) in [5.41, 5.74) is 2.42. The first-order chi connectivity index (χ1) is 6.98. The number of nitrogens with one attached hydrogen (secondary N) is 1. The predicted octanol–water partition coefficient (Wildman–Crippen LogP) is 3.16. The molecule has 0 bridgehead atoms. The average Bonchev–Trinajstić information content (AvgIpc) is 2.14. The number of hydroxylamine groups is 1. The maximum atomic E-state index is 11.3. The van der Waals surface area contributed by atoms with Crippen molar-refractivity contribution >= 4 is 37.8 Å². The summed E-state index contributed by atoms with van der Waals surface area (Å²) in [6, 6.07) is 0. The van der Waals surface area contributed by atoms with Gasteiger partial charge in [0.1, 0.15) is 4.32 Å². The van der Waals surface area contributed by atoms with Crippen LogP contribution in [0.4, 0.5) is 0 Å². The van der Waals surface area contributed by atoms with E-state index < -0.39 is 4.32 Å². The van der Waals surface area contributed by atoms with Crippen molar-refractivity contribution in [2.24, 2.45) is 0 Å². The van der Waals surface area contributed by atoms with E-state index in [4.69, 9.17) is 4.84 Å². The van der Waals surface area contributed by atoms with Crippen LogP contribution in [-0.4, -0.2) is 22.2 Å². The largest absolute Gasteiger partial charge is 0.274 e. The SMILES string of the molecule is CC(C)(Br)C(=O)NOCCCCCCBr. The molecule has 0 atom stereocenters. The summed E-state index contributed by atoms with van der Waals surface area (Å²) in [6.45, 7) is 4.14. The van der Waals surface area contributed by atoms with Gasteiger partial charge in [-0.3, -0.25) is 9.63 Å². The van der Waals surface area contributed by atoms with Crippen LogP contribution in [0.2, 0.25) is 0 Å². The highest BCUT2D eigenvalue weighted by Gasteiger charge is 2.23. The molecular formula is C10H19Br2NO2. The summed E-state index contributed by atoms with van der Waals surface area (Å²) >= 11 is 6.63. The van der Waals surface area contributed by atoms with E-state index in [1.54, 1.807) is 13.8 Å². The van der Waals surface area contributed by atoms with Crippen molar-refractivity contribution in [3.63, 3.8) is 0 Å². The molecule has 5 heteroatoms. The third-order valence-corrected chi connectivity index (χ3v) is 2.76. The first-order valence-electron chi connectivity index (χ1n) is 5.15. The monoisotopic (exact) mass is 343 g/mol. The van der Waals surface area contributed by atoms with Crippen LogP contribution in [-0.2, 0) is 9.63 Å². The molecule has 0 radical (unpaired) electrons. The Balaban J connectivity index is 3.28. The molecule has 15 heavy (non-hydrogen) atoms. The van der Waals surface area contributed by atoms with Crippen molar-refractivity contribution in [2.45, 2.75) is 43.9 Å². The van der Waals surface area contributed by atoms with Gasteiger partial charge in [-0.1, -0.05) is 44.7 Å². The van der Waals surface area contributed by atoms with Gasteiger partial charge >= 0.3 is 0 Å². The summed E-state index contributed by atoms with van der Waals surface area (Å²) in [5, 5.41) is 1.06. The lowest BCUT2D eigenvalue weighted by molar-refractivity contribution is -0.135. The zero-order valence-electron chi connectivity index (χ0n) is 9.32. The van der Waals surface area contributed by atoms with E-state index in [0.717, 1.165) is 18.2 Å². The van der Waals surface area contributed by atoms with Crippen LogP contribution in [0, 0.1) is 0 Å². The van der Waals surface area contributed by atoms with Gasteiger partial charge in [0, 0.05) is 5.33 Å². The van der Waals surface area contributed by atoms with Crippen molar-refractivity contribution in [2.75, 3.05) is 11.9 Å². The van der Waals surface area contributed by atoms with Crippen LogP contribution in [0.25, 0.3) is 0 Å². The average molecular weight is 345 g/mol. The fourth-order valence-corrected chi connectivity index (χ4v) is 1.34. The fraction of sp³-hybridized carbons (Fsp3) is 0.900. The predicted molar refractivity (Wildman–Crippen MR) is 69.4 cm³/mol. The minimum atomic E-state index is -0.567. The second-order valence-electron chi connectivity index (χ2n) is 3.86. The van der Waals surface area contributed by atoms with E-state index in [-0.39, 0.29) is 5.91 Å². The number of carbonyl (C=O) groups is 1. The third-order valence-electron chi connectivity index (χ3n) is 1.83. The lowest BCUT2D eigenvalue weighted by Gasteiger charge is -2.15. The molecule has 0 fully saturated rings. The van der Waals surface area contributed by atoms with Gasteiger partial charge in [0.05, 0.1) is 6.61 Å². The third kappa shape index (κ3) is 9.33. The van der Waals surface area contributed by atoms with Gasteiger partial charge in [-0.05, 0) is 26.7 Å². The molecule has 3 nitrogen and oxygen atoms in total. The van der Waals surface area contributed by atoms with Gasteiger partial charge < -0.3 is 0 Å². The Kier molecular flexibility index (Phi) is 8.75. The molecule has 90 valence electrons. The molecule has 0 aromatic carbocycles. The van der Waals surface area contributed by atoms with Crippen LogP contribution in [0.5, 0.6) is 0 Å². The molecule has 0 unspecified atom stereocenters. The zero-order chi connectivity index (χ0) is 11.7. The molecule has 0 aliphatic carbocycles. The van der Waals surface area contributed by atoms with Gasteiger partial charge in [-0.15, -0.1) is 0 Å². The smallest absolute Gasteiger partial charge is 0.259 e. The van der Waals surface area contributed by atoms with Gasteiger partial charge in [-0.2, -0.15) is 0 Å². The first-order valence-corrected chi connectivity index (χ1v) is 7.07. The van der Waals surface area contributed by atoms with Gasteiger partial charge in [0.25, 0.3) is 5.91 Å². The maximum absolute atomic E-state index is 11.3. The molecule has 0 aliphatic heterocycles. The Bertz CT molecular complexity index is 181. The van der Waals surface area contributed by atoms with E-state index in [1.165, 1.54) is 12.8 Å². The summed E-state index contributed by atoms with van der Waals surface area (Å²) in [7, 11) is 0. The number of unbranched alkanes of at least 4 members (excludes halogenated alkanes) is 3. The number of amides is 1. The molecule has 1 N–H and O–H groups in total. The Morgan fingerprint density at radius 1 is 1.27 bits per heavy atom. The molecule has 0 saturated heterocycles. The van der Waals surface area contributed by atoms with Crippen molar-refractivity contribution in [1.29, 1.82) is 0 Å². The molecule has 0 aromatic rings. The molecule has 1 amide bonds. The van der Waals surface area contributed by atoms with Crippen LogP contribution in [0.1, 0.15) is 39.5 Å². The molecule has 0 saturated carbocycles. The first kappa shape index (κ1) is 15.4. The van der Waals surface area contributed by atoms with E-state index >= 15 is 0 Å². The Morgan fingerprint density at radius 2 is 1.87 bits per heavy atom. The fourth-order valence-electron chi connectivity index (χ4n) is 0.860. The van der Waals surface area contributed by atoms with Crippen molar-refractivity contribution < 1.29 is 9.63 Å². The number of alkyl halides is 2. The molecule has 0 aromatic heterocycles. The highest BCUT2D eigenvalue weighted by molar-refractivity contribution is 9.10. The number of hydrogen-bond acceptors (Lipinski definition) is 2. The summed E-state index contributed by atoms with van der Waals surface area (Å²) in [4.78, 5) is 16.4. The minimum absolute atomic E-state index is 0.150. The summed E-state index contributed by atoms with van der Waals surface area (Å²) in [6.07, 6.45) is 4.52. The molecule has 0 aliphatic rings. The summed E-state index contributed by atoms with van der Waals surface area (Å²) in [5.74, 6) is -0.150. The van der Waals surface area contributed by atoms with Crippen LogP contribution >= 0.6 is 31.9 Å². The number of hydrogen-bond donors (Lipinski definition) is 1. The van der Waals surface area contributed by atoms with Gasteiger partial charge in [0.2, 0.25) is 0 Å². The molecule has 0 rings (SSSR count). The Labute approximate surface area is 109 Å². The Morgan fingerprint density at radius 3 is 2.40 bits per heavy atom. The molecular weight excluding hydrogens is 326 g/mol. The lowest BCUT2D eigenvalue weighted by atomic mass is 10.2. The zero-order valence-corrected chi connectivity index (χ0v) is 12.5. The van der Waals surface area contributed by atoms with E-state index in [0.29, 0.717) is 6.61 Å². The summed E-state index contributed by atoms with van der Waals surface area (Å²) < 4.78 is -0.567. The number of carbonyl (C=O) groups excluding carboxylic acids is 1. The van der Waals surface area contributed by atoms with E-state index in [2.05, 4.69) is 37.3 Å². The standard InChI is InChI=1S/C10H19Br2NO2/c1-10(2,12)9(14)13-15-8-6-4-3-5-7-11/h3-8H2,1-2H3,(H,13,14). The second kappa shape index (κ2) is 8.53. The maximum Gasteiger partial charge on any atom is 0.259 e. The number of halogens is 2. The van der Waals surface area contributed by atoms with Crippen LogP contribution in [0.15, 0.2) is 0 Å². The second-order valence-corrected chi connectivity index (χ2v) is 6.63. The van der Waals surface area contributed by atoms with Crippen molar-refractivity contribution in [3.8, 4) is 0 Å². The topological polar surface area (TPSA) is 38.3 Å². The molecule has 0 heterocycles. The van der Waals surface area contributed by atoms with Gasteiger partial charge in [-0.25, -0.2) is 5.48 Å². The van der Waals surface area contributed by atoms with Gasteiger partial charge in [0.15, 0.2) is 0 Å². The minimum Gasteiger partial charge on any atom is -0.274 e. The van der Waals surface area contributed by atoms with Crippen LogP contribution in [0.3, 0.4) is 0 Å².